The number of imide groups is 1. The third-order valence-corrected chi connectivity index (χ3v) is 6.51. The third-order valence-electron chi connectivity index (χ3n) is 6.51. The molecule has 2 aliphatic rings. The van der Waals surface area contributed by atoms with Crippen molar-refractivity contribution in [2.24, 2.45) is 0 Å². The lowest BCUT2D eigenvalue weighted by molar-refractivity contribution is -0.132. The SMILES string of the molecule is COc1ccc(C(=O)N(CCC2=CCCCC2)C2CC(=O)N(c3ccc(OC(C)=O)cc3)C2=O)cc1. The van der Waals surface area contributed by atoms with Crippen LogP contribution in [0.2, 0.25) is 0 Å². The molecule has 0 radical (unpaired) electrons. The van der Waals surface area contributed by atoms with E-state index < -0.39 is 17.9 Å². The Labute approximate surface area is 210 Å². The van der Waals surface area contributed by atoms with E-state index in [-0.39, 0.29) is 18.2 Å². The van der Waals surface area contributed by atoms with Gasteiger partial charge in [-0.15, -0.1) is 0 Å². The monoisotopic (exact) mass is 490 g/mol. The number of benzene rings is 2. The van der Waals surface area contributed by atoms with Gasteiger partial charge in [0.05, 0.1) is 19.2 Å². The van der Waals surface area contributed by atoms with Gasteiger partial charge in [0.15, 0.2) is 0 Å². The largest absolute Gasteiger partial charge is 0.497 e. The van der Waals surface area contributed by atoms with Crippen LogP contribution in [0.3, 0.4) is 0 Å². The fourth-order valence-corrected chi connectivity index (χ4v) is 4.65. The highest BCUT2D eigenvalue weighted by Gasteiger charge is 2.44. The Kier molecular flexibility index (Phi) is 7.83. The maximum absolute atomic E-state index is 13.6. The van der Waals surface area contributed by atoms with Crippen LogP contribution in [0.1, 0.15) is 55.8 Å². The summed E-state index contributed by atoms with van der Waals surface area (Å²) in [5.74, 6) is -0.640. The van der Waals surface area contributed by atoms with Crippen LogP contribution in [0, 0.1) is 0 Å². The minimum atomic E-state index is -0.899. The van der Waals surface area contributed by atoms with Crippen LogP contribution in [0.15, 0.2) is 60.2 Å². The lowest BCUT2D eigenvalue weighted by Gasteiger charge is -2.28. The van der Waals surface area contributed by atoms with Crippen molar-refractivity contribution < 1.29 is 28.7 Å². The van der Waals surface area contributed by atoms with Crippen LogP contribution in [-0.4, -0.2) is 48.3 Å². The number of allylic oxidation sites excluding steroid dienone is 1. The number of carbonyl (C=O) groups excluding carboxylic acids is 4. The van der Waals surface area contributed by atoms with Gasteiger partial charge in [-0.2, -0.15) is 0 Å². The summed E-state index contributed by atoms with van der Waals surface area (Å²) >= 11 is 0. The number of esters is 1. The zero-order valence-corrected chi connectivity index (χ0v) is 20.6. The van der Waals surface area contributed by atoms with E-state index in [1.807, 2.05) is 0 Å². The molecule has 4 rings (SSSR count). The first-order chi connectivity index (χ1) is 17.4. The summed E-state index contributed by atoms with van der Waals surface area (Å²) in [6.45, 7) is 1.64. The zero-order valence-electron chi connectivity index (χ0n) is 20.6. The van der Waals surface area contributed by atoms with Crippen LogP contribution in [0.5, 0.6) is 11.5 Å². The highest BCUT2D eigenvalue weighted by atomic mass is 16.5. The van der Waals surface area contributed by atoms with E-state index >= 15 is 0 Å². The summed E-state index contributed by atoms with van der Waals surface area (Å²) in [7, 11) is 1.55. The molecule has 1 fully saturated rings. The predicted octanol–water partition coefficient (Wildman–Crippen LogP) is 4.29. The molecule has 8 heteroatoms. The van der Waals surface area contributed by atoms with Crippen molar-refractivity contribution in [3.05, 3.63) is 65.7 Å². The van der Waals surface area contributed by atoms with Crippen LogP contribution in [0.4, 0.5) is 5.69 Å². The number of anilines is 1. The average molecular weight is 491 g/mol. The molecule has 0 saturated carbocycles. The molecule has 1 aliphatic carbocycles. The van der Waals surface area contributed by atoms with Gasteiger partial charge in [-0.05, 0) is 80.6 Å². The number of amides is 3. The minimum Gasteiger partial charge on any atom is -0.497 e. The molecular weight excluding hydrogens is 460 g/mol. The second kappa shape index (κ2) is 11.2. The van der Waals surface area contributed by atoms with E-state index in [9.17, 15) is 19.2 Å². The number of nitrogens with zero attached hydrogens (tertiary/aromatic N) is 2. The standard InChI is InChI=1S/C28H30N2O6/c1-19(31)36-24-14-10-22(11-15-24)30-26(32)18-25(28(30)34)29(17-16-20-6-4-3-5-7-20)27(33)21-8-12-23(35-2)13-9-21/h6,8-15,25H,3-5,7,16-18H2,1-2H3. The van der Waals surface area contributed by atoms with Gasteiger partial charge in [0.25, 0.3) is 11.8 Å². The first kappa shape index (κ1) is 25.2. The molecule has 2 aromatic carbocycles. The van der Waals surface area contributed by atoms with E-state index in [0.717, 1.165) is 24.2 Å². The highest BCUT2D eigenvalue weighted by molar-refractivity contribution is 6.23. The van der Waals surface area contributed by atoms with Gasteiger partial charge in [0.1, 0.15) is 17.5 Å². The van der Waals surface area contributed by atoms with E-state index in [1.165, 1.54) is 36.0 Å². The van der Waals surface area contributed by atoms with Gasteiger partial charge in [0, 0.05) is 19.0 Å². The summed E-state index contributed by atoms with van der Waals surface area (Å²) in [6, 6.07) is 12.0. The highest BCUT2D eigenvalue weighted by Crippen LogP contribution is 2.29. The van der Waals surface area contributed by atoms with Crippen LogP contribution in [0.25, 0.3) is 0 Å². The Balaban J connectivity index is 1.58. The normalized spacial score (nSPS) is 17.6. The topological polar surface area (TPSA) is 93.2 Å². The molecule has 1 unspecified atom stereocenters. The van der Waals surface area contributed by atoms with E-state index in [1.54, 1.807) is 43.5 Å². The molecule has 1 saturated heterocycles. The number of methoxy groups -OCH3 is 1. The smallest absolute Gasteiger partial charge is 0.308 e. The van der Waals surface area contributed by atoms with Crippen LogP contribution < -0.4 is 14.4 Å². The van der Waals surface area contributed by atoms with Crippen molar-refractivity contribution in [3.63, 3.8) is 0 Å². The Morgan fingerprint density at radius 2 is 1.69 bits per heavy atom. The van der Waals surface area contributed by atoms with Gasteiger partial charge in [-0.3, -0.25) is 19.2 Å². The second-order valence-electron chi connectivity index (χ2n) is 8.96. The Morgan fingerprint density at radius 1 is 1.00 bits per heavy atom. The Bertz CT molecular complexity index is 1170. The van der Waals surface area contributed by atoms with E-state index in [4.69, 9.17) is 9.47 Å². The summed E-state index contributed by atoms with van der Waals surface area (Å²) in [5, 5.41) is 0. The molecular formula is C28H30N2O6. The summed E-state index contributed by atoms with van der Waals surface area (Å²) in [4.78, 5) is 53.9. The number of hydrogen-bond acceptors (Lipinski definition) is 6. The van der Waals surface area contributed by atoms with Gasteiger partial charge < -0.3 is 14.4 Å². The molecule has 36 heavy (non-hydrogen) atoms. The molecule has 0 bridgehead atoms. The van der Waals surface area contributed by atoms with Gasteiger partial charge in [-0.1, -0.05) is 11.6 Å². The van der Waals surface area contributed by atoms with Gasteiger partial charge in [0.2, 0.25) is 5.91 Å². The van der Waals surface area contributed by atoms with E-state index in [2.05, 4.69) is 6.08 Å². The predicted molar refractivity (Wildman–Crippen MR) is 134 cm³/mol. The lowest BCUT2D eigenvalue weighted by atomic mass is 9.96. The zero-order chi connectivity index (χ0) is 25.7. The molecule has 1 aliphatic heterocycles. The minimum absolute atomic E-state index is 0.0918. The molecule has 0 spiro atoms. The van der Waals surface area contributed by atoms with Crippen LogP contribution >= 0.6 is 0 Å². The molecule has 0 aromatic heterocycles. The average Bonchev–Trinajstić information content (AvgIpc) is 3.18. The first-order valence-electron chi connectivity index (χ1n) is 12.2. The molecule has 1 atom stereocenters. The quantitative estimate of drug-likeness (QED) is 0.237. The number of rotatable bonds is 8. The summed E-state index contributed by atoms with van der Waals surface area (Å²) in [5.41, 5.74) is 2.08. The molecule has 2 aromatic rings. The summed E-state index contributed by atoms with van der Waals surface area (Å²) in [6.07, 6.45) is 7.10. The van der Waals surface area contributed by atoms with E-state index in [0.29, 0.717) is 35.7 Å². The van der Waals surface area contributed by atoms with Crippen molar-refractivity contribution in [1.82, 2.24) is 4.90 Å². The molecule has 0 N–H and O–H groups in total. The van der Waals surface area contributed by atoms with Crippen molar-refractivity contribution in [2.45, 2.75) is 51.5 Å². The summed E-state index contributed by atoms with van der Waals surface area (Å²) < 4.78 is 10.2. The Hall–Kier alpha value is -3.94. The van der Waals surface area contributed by atoms with Gasteiger partial charge >= 0.3 is 5.97 Å². The number of hydrogen-bond donors (Lipinski definition) is 0. The fourth-order valence-electron chi connectivity index (χ4n) is 4.65. The molecule has 1 heterocycles. The lowest BCUT2D eigenvalue weighted by Crippen LogP contribution is -2.46. The number of ether oxygens (including phenoxy) is 2. The fraction of sp³-hybridized carbons (Fsp3) is 0.357. The van der Waals surface area contributed by atoms with Crippen molar-refractivity contribution >= 4 is 29.4 Å². The van der Waals surface area contributed by atoms with Crippen molar-refractivity contribution in [1.29, 1.82) is 0 Å². The maximum Gasteiger partial charge on any atom is 0.308 e. The third kappa shape index (κ3) is 5.64. The molecule has 188 valence electrons. The Morgan fingerprint density at radius 3 is 2.31 bits per heavy atom. The van der Waals surface area contributed by atoms with Crippen molar-refractivity contribution in [2.75, 3.05) is 18.6 Å². The van der Waals surface area contributed by atoms with Crippen LogP contribution in [-0.2, 0) is 14.4 Å². The first-order valence-corrected chi connectivity index (χ1v) is 12.2. The van der Waals surface area contributed by atoms with Crippen molar-refractivity contribution in [3.8, 4) is 11.5 Å². The molecule has 3 amide bonds. The number of carbonyl (C=O) groups is 4. The second-order valence-corrected chi connectivity index (χ2v) is 8.96. The van der Waals surface area contributed by atoms with Gasteiger partial charge in [-0.25, -0.2) is 4.90 Å². The maximum atomic E-state index is 13.6. The molecule has 8 nitrogen and oxygen atoms in total.